The Morgan fingerprint density at radius 2 is 1.78 bits per heavy atom. The van der Waals surface area contributed by atoms with Crippen LogP contribution in [0.25, 0.3) is 6.08 Å². The Bertz CT molecular complexity index is 1460. The van der Waals surface area contributed by atoms with Gasteiger partial charge in [0.25, 0.3) is 11.8 Å². The van der Waals surface area contributed by atoms with Gasteiger partial charge in [-0.3, -0.25) is 9.59 Å². The van der Waals surface area contributed by atoms with Crippen molar-refractivity contribution in [2.24, 2.45) is 0 Å². The van der Waals surface area contributed by atoms with Gasteiger partial charge in [-0.15, -0.1) is 0 Å². The van der Waals surface area contributed by atoms with Crippen molar-refractivity contribution in [2.75, 3.05) is 13.2 Å². The molecule has 2 fully saturated rings. The molecule has 212 valence electrons. The number of hydrogen-bond donors (Lipinski definition) is 1. The molecule has 0 aromatic heterocycles. The Kier molecular flexibility index (Phi) is 7.68. The summed E-state index contributed by atoms with van der Waals surface area (Å²) in [6.07, 6.45) is 5.93. The molecule has 3 aromatic carbocycles. The highest BCUT2D eigenvalue weighted by atomic mass is 16.6. The molecule has 6 rings (SSSR count). The third kappa shape index (κ3) is 5.94. The van der Waals surface area contributed by atoms with E-state index >= 15 is 0 Å². The summed E-state index contributed by atoms with van der Waals surface area (Å²) in [7, 11) is 0. The molecule has 3 atom stereocenters. The summed E-state index contributed by atoms with van der Waals surface area (Å²) in [6, 6.07) is 21.2. The van der Waals surface area contributed by atoms with Crippen LogP contribution >= 0.6 is 0 Å². The zero-order valence-corrected chi connectivity index (χ0v) is 23.6. The molecule has 7 nitrogen and oxygen atoms in total. The predicted molar refractivity (Wildman–Crippen MR) is 157 cm³/mol. The van der Waals surface area contributed by atoms with Crippen LogP contribution < -0.4 is 14.8 Å². The number of nitrogens with one attached hydrogen (secondary N) is 1. The number of amides is 2. The summed E-state index contributed by atoms with van der Waals surface area (Å²) in [5.74, 6) is 1.53. The number of aryl methyl sites for hydroxylation is 1. The van der Waals surface area contributed by atoms with Crippen molar-refractivity contribution in [3.63, 3.8) is 0 Å². The first-order valence-electron chi connectivity index (χ1n) is 14.5. The van der Waals surface area contributed by atoms with Crippen molar-refractivity contribution in [3.8, 4) is 11.5 Å². The zero-order valence-electron chi connectivity index (χ0n) is 23.6. The second-order valence-electron chi connectivity index (χ2n) is 11.2. The van der Waals surface area contributed by atoms with Gasteiger partial charge in [0, 0.05) is 12.1 Å². The summed E-state index contributed by atoms with van der Waals surface area (Å²) >= 11 is 0. The van der Waals surface area contributed by atoms with Gasteiger partial charge in [0.05, 0.1) is 12.1 Å². The van der Waals surface area contributed by atoms with Crippen LogP contribution in [0.5, 0.6) is 11.5 Å². The largest absolute Gasteiger partial charge is 0.486 e. The lowest BCUT2D eigenvalue weighted by Gasteiger charge is -2.44. The van der Waals surface area contributed by atoms with Crippen LogP contribution in [0.15, 0.2) is 72.5 Å². The summed E-state index contributed by atoms with van der Waals surface area (Å²) in [5.41, 5.74) is 4.61. The maximum Gasteiger partial charge on any atom is 0.289 e. The zero-order chi connectivity index (χ0) is 28.3. The van der Waals surface area contributed by atoms with Gasteiger partial charge >= 0.3 is 0 Å². The molecular formula is C34H36N2O5. The molecular weight excluding hydrogens is 516 g/mol. The van der Waals surface area contributed by atoms with Crippen molar-refractivity contribution < 1.29 is 23.8 Å². The number of fused-ring (bicyclic) bond motifs is 2. The van der Waals surface area contributed by atoms with Crippen LogP contribution in [-0.2, 0) is 16.1 Å². The molecule has 1 N–H and O–H groups in total. The van der Waals surface area contributed by atoms with Gasteiger partial charge < -0.3 is 24.4 Å². The number of nitrogens with zero attached hydrogens (tertiary/aromatic N) is 1. The fourth-order valence-corrected chi connectivity index (χ4v) is 5.94. The number of hydrogen-bond acceptors (Lipinski definition) is 5. The minimum absolute atomic E-state index is 0.00426. The highest BCUT2D eigenvalue weighted by Crippen LogP contribution is 2.35. The van der Waals surface area contributed by atoms with Gasteiger partial charge in [0.1, 0.15) is 19.3 Å². The van der Waals surface area contributed by atoms with Crippen LogP contribution in [0.3, 0.4) is 0 Å². The van der Waals surface area contributed by atoms with Crippen molar-refractivity contribution in [1.29, 1.82) is 0 Å². The first-order valence-corrected chi connectivity index (χ1v) is 14.5. The van der Waals surface area contributed by atoms with Crippen molar-refractivity contribution in [1.82, 2.24) is 10.2 Å². The van der Waals surface area contributed by atoms with E-state index in [9.17, 15) is 9.59 Å². The van der Waals surface area contributed by atoms with E-state index in [1.165, 1.54) is 5.56 Å². The molecule has 3 unspecified atom stereocenters. The smallest absolute Gasteiger partial charge is 0.289 e. The third-order valence-corrected chi connectivity index (χ3v) is 8.14. The first kappa shape index (κ1) is 26.9. The summed E-state index contributed by atoms with van der Waals surface area (Å²) in [5, 5.41) is 3.05. The Labute approximate surface area is 241 Å². The Morgan fingerprint density at radius 3 is 2.59 bits per heavy atom. The number of benzene rings is 3. The van der Waals surface area contributed by atoms with Crippen LogP contribution in [0.1, 0.15) is 71.3 Å². The highest BCUT2D eigenvalue weighted by Gasteiger charge is 2.41. The average Bonchev–Trinajstić information content (AvgIpc) is 2.99. The van der Waals surface area contributed by atoms with E-state index in [0.29, 0.717) is 36.8 Å². The van der Waals surface area contributed by atoms with Crippen LogP contribution in [-0.4, -0.2) is 42.1 Å². The average molecular weight is 553 g/mol. The third-order valence-electron chi connectivity index (χ3n) is 8.14. The fraction of sp³-hybridized carbons (Fsp3) is 0.353. The van der Waals surface area contributed by atoms with Gasteiger partial charge in [0.15, 0.2) is 17.3 Å². The van der Waals surface area contributed by atoms with Gasteiger partial charge in [-0.05, 0) is 80.1 Å². The number of ether oxygens (including phenoxy) is 3. The van der Waals surface area contributed by atoms with E-state index in [0.717, 1.165) is 48.1 Å². The normalized spacial score (nSPS) is 21.6. The van der Waals surface area contributed by atoms with Crippen molar-refractivity contribution >= 4 is 17.9 Å². The van der Waals surface area contributed by atoms with Gasteiger partial charge in [-0.2, -0.15) is 0 Å². The number of carbonyl (C=O) groups is 2. The molecule has 7 heteroatoms. The summed E-state index contributed by atoms with van der Waals surface area (Å²) in [4.78, 5) is 28.6. The van der Waals surface area contributed by atoms with E-state index in [4.69, 9.17) is 14.2 Å². The van der Waals surface area contributed by atoms with E-state index in [1.54, 1.807) is 18.2 Å². The molecule has 3 aliphatic rings. The Balaban J connectivity index is 1.15. The molecule has 1 aliphatic carbocycles. The summed E-state index contributed by atoms with van der Waals surface area (Å²) < 4.78 is 17.6. The Morgan fingerprint density at radius 1 is 1.00 bits per heavy atom. The monoisotopic (exact) mass is 552 g/mol. The van der Waals surface area contributed by atoms with E-state index in [2.05, 4.69) is 30.4 Å². The molecule has 2 heterocycles. The number of carbonyl (C=O) groups excluding carboxylic acids is 2. The summed E-state index contributed by atoms with van der Waals surface area (Å²) in [6.45, 7) is 5.64. The first-order chi connectivity index (χ1) is 19.9. The van der Waals surface area contributed by atoms with E-state index < -0.39 is 0 Å². The molecule has 2 aliphatic heterocycles. The molecule has 0 spiro atoms. The molecule has 2 amide bonds. The lowest BCUT2D eigenvalue weighted by Crippen LogP contribution is -2.54. The maximum absolute atomic E-state index is 13.6. The minimum atomic E-state index is -0.212. The Hall–Kier alpha value is -4.26. The highest BCUT2D eigenvalue weighted by molar-refractivity contribution is 5.97. The maximum atomic E-state index is 13.6. The van der Waals surface area contributed by atoms with Gasteiger partial charge in [-0.25, -0.2) is 0 Å². The minimum Gasteiger partial charge on any atom is -0.486 e. The second kappa shape index (κ2) is 11.7. The predicted octanol–water partition coefficient (Wildman–Crippen LogP) is 5.97. The lowest BCUT2D eigenvalue weighted by molar-refractivity contribution is -0.149. The van der Waals surface area contributed by atoms with Gasteiger partial charge in [-0.1, -0.05) is 54.4 Å². The topological polar surface area (TPSA) is 77.1 Å². The van der Waals surface area contributed by atoms with Gasteiger partial charge in [0.2, 0.25) is 0 Å². The van der Waals surface area contributed by atoms with Crippen molar-refractivity contribution in [2.45, 2.75) is 64.3 Å². The quantitative estimate of drug-likeness (QED) is 0.382. The molecule has 1 saturated heterocycles. The van der Waals surface area contributed by atoms with Crippen LogP contribution in [0, 0.1) is 6.92 Å². The molecule has 0 bridgehead atoms. The second-order valence-corrected chi connectivity index (χ2v) is 11.2. The standard InChI is InChI=1S/C34H36N2O5/c1-22-6-5-7-25(18-22)21-36-28-8-3-4-9-29(28)41-32(34(36)38)19-24-10-12-26(13-11-24)33(37)35-23(2)27-14-15-30-31(20-27)40-17-16-39-30/h5-7,10-15,18-20,23,28-29H,3-4,8-9,16-17,21H2,1-2H3,(H,35,37)/b32-19+. The van der Waals surface area contributed by atoms with E-state index in [-0.39, 0.29) is 30.0 Å². The lowest BCUT2D eigenvalue weighted by atomic mass is 9.89. The fourth-order valence-electron chi connectivity index (χ4n) is 5.94. The van der Waals surface area contributed by atoms with E-state index in [1.807, 2.05) is 48.2 Å². The molecule has 41 heavy (non-hydrogen) atoms. The van der Waals surface area contributed by atoms with Crippen LogP contribution in [0.4, 0.5) is 0 Å². The molecule has 3 aromatic rings. The number of morpholine rings is 1. The van der Waals surface area contributed by atoms with Crippen LogP contribution in [0.2, 0.25) is 0 Å². The van der Waals surface area contributed by atoms with Crippen molar-refractivity contribution in [3.05, 3.63) is 100 Å². The molecule has 1 saturated carbocycles. The molecule has 0 radical (unpaired) electrons. The number of rotatable bonds is 6. The SMILES string of the molecule is Cc1cccc(CN2C(=O)/C(=C\c3ccc(C(=O)NC(C)c4ccc5c(c4)OCCO5)cc3)OC3CCCCC32)c1.